The Morgan fingerprint density at radius 3 is 2.40 bits per heavy atom. The number of H-pyrrole nitrogens is 1. The quantitative estimate of drug-likeness (QED) is 0.269. The molecule has 42 heavy (non-hydrogen) atoms. The zero-order valence-corrected chi connectivity index (χ0v) is 27.7. The number of aromatic amines is 1. The van der Waals surface area contributed by atoms with Crippen molar-refractivity contribution in [3.8, 4) is 22.5 Å². The number of hydrogen-bond donors (Lipinski definition) is 1. The van der Waals surface area contributed by atoms with E-state index in [4.69, 9.17) is 0 Å². The third kappa shape index (κ3) is 6.17. The van der Waals surface area contributed by atoms with Gasteiger partial charge in [-0.25, -0.2) is 9.59 Å². The Kier molecular flexibility index (Phi) is 9.76. The van der Waals surface area contributed by atoms with Gasteiger partial charge in [0.25, 0.3) is 5.56 Å². The van der Waals surface area contributed by atoms with Crippen molar-refractivity contribution < 1.29 is 62.1 Å². The molecule has 0 aliphatic heterocycles. The number of fused-ring (bicyclic) bond motifs is 1. The number of benzene rings is 2. The first-order valence-corrected chi connectivity index (χ1v) is 14.8. The molecule has 3 aromatic heterocycles. The van der Waals surface area contributed by atoms with Crippen LogP contribution in [0, 0.1) is 5.92 Å². The van der Waals surface area contributed by atoms with Crippen LogP contribution in [0.5, 0.6) is 0 Å². The predicted molar refractivity (Wildman–Crippen MR) is 160 cm³/mol. The number of rotatable bonds is 8. The zero-order chi connectivity index (χ0) is 28.5. The molecule has 0 unspecified atom stereocenters. The summed E-state index contributed by atoms with van der Waals surface area (Å²) in [7, 11) is 0. The number of thiophene rings is 1. The molecule has 2 aromatic carbocycles. The summed E-state index contributed by atoms with van der Waals surface area (Å²) in [5.41, 5.74) is 2.52. The second-order valence-electron chi connectivity index (χ2n) is 10.5. The fraction of sp³-hybridized carbons (Fsp3) is 0.323. The SMILES string of the molecule is CCc1cc2c(=O)n(CC(=O)C3CCCCC3)c(=O)n(Cc3ccc(-c4ccccc4-c4noc(=O)[nH]4)cc3)c2s1.[H-].[K+]. The predicted octanol–water partition coefficient (Wildman–Crippen LogP) is 2.11. The fourth-order valence-corrected chi connectivity index (χ4v) is 6.75. The van der Waals surface area contributed by atoms with Crippen molar-refractivity contribution in [2.75, 3.05) is 0 Å². The molecular weight excluding hydrogens is 580 g/mol. The standard InChI is InChI=1S/C31H30N4O5S.K.H/c1-2-22-16-25-28(37)34(18-26(36)21-8-4-3-5-9-21)31(39)35(29(25)41-22)17-19-12-14-20(15-13-19)23-10-6-7-11-24(23)27-32-30(38)40-33-27;;/h6-7,10-16,21H,2-5,8-9,17-18H2,1H3,(H,32,33,38);;/q;+1;-1. The van der Waals surface area contributed by atoms with Crippen LogP contribution < -0.4 is 68.4 Å². The van der Waals surface area contributed by atoms with E-state index < -0.39 is 11.4 Å². The average Bonchev–Trinajstić information content (AvgIpc) is 3.65. The van der Waals surface area contributed by atoms with Gasteiger partial charge >= 0.3 is 62.8 Å². The molecule has 212 valence electrons. The molecule has 0 amide bonds. The van der Waals surface area contributed by atoms with Crippen molar-refractivity contribution in [2.45, 2.75) is 58.5 Å². The normalized spacial score (nSPS) is 13.7. The van der Waals surface area contributed by atoms with Crippen LogP contribution in [0.2, 0.25) is 0 Å². The van der Waals surface area contributed by atoms with Gasteiger partial charge in [-0.1, -0.05) is 79.9 Å². The van der Waals surface area contributed by atoms with E-state index in [1.807, 2.05) is 61.5 Å². The van der Waals surface area contributed by atoms with Crippen molar-refractivity contribution >= 4 is 27.3 Å². The first-order chi connectivity index (χ1) is 19.9. The molecule has 1 fully saturated rings. The zero-order valence-electron chi connectivity index (χ0n) is 24.7. The van der Waals surface area contributed by atoms with E-state index in [1.54, 1.807) is 4.57 Å². The number of Topliss-reactive ketones (excluding diaryl/α,β-unsaturated/α-hetero) is 1. The minimum atomic E-state index is -0.622. The summed E-state index contributed by atoms with van der Waals surface area (Å²) in [4.78, 5) is 56.0. The van der Waals surface area contributed by atoms with E-state index in [-0.39, 0.29) is 83.2 Å². The van der Waals surface area contributed by atoms with Crippen LogP contribution in [0.4, 0.5) is 0 Å². The maximum atomic E-state index is 13.8. The van der Waals surface area contributed by atoms with Crippen LogP contribution in [0.15, 0.2) is 73.5 Å². The fourth-order valence-electron chi connectivity index (χ4n) is 5.67. The van der Waals surface area contributed by atoms with Gasteiger partial charge in [0.2, 0.25) is 0 Å². The maximum absolute atomic E-state index is 13.8. The second-order valence-corrected chi connectivity index (χ2v) is 11.6. The van der Waals surface area contributed by atoms with Gasteiger partial charge in [-0.2, -0.15) is 0 Å². The van der Waals surface area contributed by atoms with E-state index in [2.05, 4.69) is 14.7 Å². The number of ketones is 1. The summed E-state index contributed by atoms with van der Waals surface area (Å²) in [5.74, 6) is -0.392. The van der Waals surface area contributed by atoms with Crippen molar-refractivity contribution in [3.05, 3.63) is 96.4 Å². The van der Waals surface area contributed by atoms with Gasteiger partial charge < -0.3 is 1.43 Å². The number of hydrogen-bond acceptors (Lipinski definition) is 7. The summed E-state index contributed by atoms with van der Waals surface area (Å²) >= 11 is 1.45. The molecule has 3 heterocycles. The van der Waals surface area contributed by atoms with Gasteiger partial charge in [0.1, 0.15) is 4.83 Å². The number of carbonyl (C=O) groups excluding carboxylic acids is 1. The molecule has 9 nitrogen and oxygen atoms in total. The molecule has 0 bridgehead atoms. The number of aryl methyl sites for hydroxylation is 1. The Balaban J connectivity index is 0.00000212. The molecule has 1 saturated carbocycles. The minimum Gasteiger partial charge on any atom is -1.00 e. The maximum Gasteiger partial charge on any atom is 1.00 e. The van der Waals surface area contributed by atoms with Crippen LogP contribution in [-0.4, -0.2) is 25.1 Å². The average molecular weight is 611 g/mol. The van der Waals surface area contributed by atoms with Crippen LogP contribution in [-0.2, 0) is 24.3 Å². The van der Waals surface area contributed by atoms with Crippen LogP contribution in [0.25, 0.3) is 32.7 Å². The van der Waals surface area contributed by atoms with Crippen molar-refractivity contribution in [1.82, 2.24) is 19.3 Å². The van der Waals surface area contributed by atoms with Gasteiger partial charge in [0.05, 0.1) is 18.5 Å². The number of nitrogens with zero attached hydrogens (tertiary/aromatic N) is 3. The summed E-state index contributed by atoms with van der Waals surface area (Å²) < 4.78 is 7.45. The third-order valence-electron chi connectivity index (χ3n) is 7.90. The number of nitrogens with one attached hydrogen (secondary N) is 1. The van der Waals surface area contributed by atoms with Crippen molar-refractivity contribution in [2.24, 2.45) is 5.92 Å². The molecule has 1 aliphatic rings. The van der Waals surface area contributed by atoms with Crippen LogP contribution in [0.3, 0.4) is 0 Å². The Labute approximate surface area is 289 Å². The van der Waals surface area contributed by atoms with Crippen molar-refractivity contribution in [3.63, 3.8) is 0 Å². The molecule has 5 aromatic rings. The smallest absolute Gasteiger partial charge is 1.00 e. The van der Waals surface area contributed by atoms with E-state index in [0.29, 0.717) is 16.0 Å². The number of aromatic nitrogens is 4. The van der Waals surface area contributed by atoms with Gasteiger partial charge in [-0.05, 0) is 42.0 Å². The summed E-state index contributed by atoms with van der Waals surface area (Å²) in [6.45, 7) is 2.09. The van der Waals surface area contributed by atoms with E-state index >= 15 is 0 Å². The summed E-state index contributed by atoms with van der Waals surface area (Å²) in [6, 6.07) is 17.2. The minimum absolute atomic E-state index is 0. The summed E-state index contributed by atoms with van der Waals surface area (Å²) in [6.07, 6.45) is 5.54. The largest absolute Gasteiger partial charge is 1.00 e. The molecular formula is C31H31KN4O5S. The van der Waals surface area contributed by atoms with Crippen molar-refractivity contribution in [1.29, 1.82) is 0 Å². The Morgan fingerprint density at radius 2 is 1.74 bits per heavy atom. The van der Waals surface area contributed by atoms with Gasteiger partial charge in [-0.15, -0.1) is 11.3 Å². The van der Waals surface area contributed by atoms with Crippen LogP contribution in [0.1, 0.15) is 50.9 Å². The topological polar surface area (TPSA) is 120 Å². The molecule has 0 saturated heterocycles. The van der Waals surface area contributed by atoms with E-state index in [1.165, 1.54) is 11.3 Å². The second kappa shape index (κ2) is 13.3. The summed E-state index contributed by atoms with van der Waals surface area (Å²) in [5, 5.41) is 4.31. The van der Waals surface area contributed by atoms with E-state index in [9.17, 15) is 19.2 Å². The Hall–Kier alpha value is -2.67. The van der Waals surface area contributed by atoms with Gasteiger partial charge in [0.15, 0.2) is 11.6 Å². The molecule has 0 atom stereocenters. The van der Waals surface area contributed by atoms with E-state index in [0.717, 1.165) is 70.2 Å². The molecule has 6 rings (SSSR count). The molecule has 1 aliphatic carbocycles. The van der Waals surface area contributed by atoms with Crippen LogP contribution >= 0.6 is 11.3 Å². The van der Waals surface area contributed by atoms with Gasteiger partial charge in [0, 0.05) is 16.4 Å². The Bertz CT molecular complexity index is 1920. The Morgan fingerprint density at radius 1 is 1.02 bits per heavy atom. The first-order valence-electron chi connectivity index (χ1n) is 14.0. The molecule has 0 radical (unpaired) electrons. The first kappa shape index (κ1) is 30.8. The number of carbonyl (C=O) groups is 1. The molecule has 11 heteroatoms. The monoisotopic (exact) mass is 610 g/mol. The molecule has 0 spiro atoms. The molecule has 1 N–H and O–H groups in total. The van der Waals surface area contributed by atoms with Gasteiger partial charge in [-0.3, -0.25) is 28.2 Å². The third-order valence-corrected chi connectivity index (χ3v) is 9.20.